The van der Waals surface area contributed by atoms with E-state index in [0.29, 0.717) is 10.6 Å². The van der Waals surface area contributed by atoms with Crippen molar-refractivity contribution in [3.05, 3.63) is 83.4 Å². The molecule has 0 heterocycles. The van der Waals surface area contributed by atoms with Crippen LogP contribution in [0, 0.1) is 0 Å². The van der Waals surface area contributed by atoms with Crippen LogP contribution in [0.3, 0.4) is 0 Å². The highest BCUT2D eigenvalue weighted by Crippen LogP contribution is 2.26. The molecule has 0 aliphatic heterocycles. The van der Waals surface area contributed by atoms with E-state index in [-0.39, 0.29) is 17.2 Å². The van der Waals surface area contributed by atoms with Crippen molar-refractivity contribution in [2.75, 3.05) is 13.6 Å². The number of hydrogen-bond acceptors (Lipinski definition) is 6. The Kier molecular flexibility index (Phi) is 8.10. The summed E-state index contributed by atoms with van der Waals surface area (Å²) in [6.45, 7) is 5.29. The van der Waals surface area contributed by atoms with Crippen LogP contribution in [0.5, 0.6) is 5.75 Å². The molecule has 0 bridgehead atoms. The molecule has 3 aromatic rings. The van der Waals surface area contributed by atoms with Crippen LogP contribution in [-0.2, 0) is 14.9 Å². The first-order valence-corrected chi connectivity index (χ1v) is 12.7. The molecule has 186 valence electrons. The summed E-state index contributed by atoms with van der Waals surface area (Å²) in [5.74, 6) is 0.100. The Bertz CT molecular complexity index is 1250. The molecule has 3 rings (SSSR count). The molecule has 0 spiro atoms. The van der Waals surface area contributed by atoms with Gasteiger partial charge >= 0.3 is 16.2 Å². The number of benzene rings is 3. The molecular weight excluding hydrogens is 490 g/mol. The van der Waals surface area contributed by atoms with E-state index in [0.717, 1.165) is 11.1 Å². The van der Waals surface area contributed by atoms with Gasteiger partial charge in [-0.3, -0.25) is 0 Å². The lowest BCUT2D eigenvalue weighted by Gasteiger charge is -2.26. The lowest BCUT2D eigenvalue weighted by molar-refractivity contribution is 0.0205. The van der Waals surface area contributed by atoms with Gasteiger partial charge in [-0.1, -0.05) is 48.0 Å². The fraction of sp³-hybridized carbons (Fsp3) is 0.269. The molecule has 35 heavy (non-hydrogen) atoms. The molecule has 0 aliphatic carbocycles. The van der Waals surface area contributed by atoms with Crippen molar-refractivity contribution in [2.45, 2.75) is 37.4 Å². The first-order chi connectivity index (χ1) is 16.3. The van der Waals surface area contributed by atoms with E-state index >= 15 is 0 Å². The van der Waals surface area contributed by atoms with Crippen molar-refractivity contribution in [1.82, 2.24) is 4.90 Å². The molecule has 3 aromatic carbocycles. The molecule has 0 saturated heterocycles. The second-order valence-corrected chi connectivity index (χ2v) is 11.0. The van der Waals surface area contributed by atoms with E-state index in [1.807, 2.05) is 12.1 Å². The average molecular weight is 518 g/mol. The maximum Gasteiger partial charge on any atom is 0.410 e. The Hall–Kier alpha value is -3.07. The molecule has 9 heteroatoms. The van der Waals surface area contributed by atoms with E-state index < -0.39 is 27.9 Å². The van der Waals surface area contributed by atoms with Gasteiger partial charge in [0.1, 0.15) is 16.2 Å². The largest absolute Gasteiger partial charge is 0.444 e. The summed E-state index contributed by atoms with van der Waals surface area (Å²) < 4.78 is 35.9. The Morgan fingerprint density at radius 2 is 1.46 bits per heavy atom. The second-order valence-electron chi connectivity index (χ2n) is 9.01. The number of nitrogens with zero attached hydrogens (tertiary/aromatic N) is 1. The third kappa shape index (κ3) is 7.45. The Labute approximate surface area is 211 Å². The van der Waals surface area contributed by atoms with Gasteiger partial charge in [0, 0.05) is 12.1 Å². The molecule has 1 N–H and O–H groups in total. The third-order valence-electron chi connectivity index (χ3n) is 4.94. The van der Waals surface area contributed by atoms with Crippen molar-refractivity contribution in [3.8, 4) is 16.9 Å². The first-order valence-electron chi connectivity index (χ1n) is 10.9. The van der Waals surface area contributed by atoms with Crippen molar-refractivity contribution < 1.29 is 27.2 Å². The van der Waals surface area contributed by atoms with Crippen LogP contribution in [0.2, 0.25) is 5.02 Å². The highest BCUT2D eigenvalue weighted by Gasteiger charge is 2.22. The van der Waals surface area contributed by atoms with Gasteiger partial charge in [0.15, 0.2) is 0 Å². The van der Waals surface area contributed by atoms with E-state index in [2.05, 4.69) is 0 Å². The van der Waals surface area contributed by atoms with Crippen molar-refractivity contribution in [2.24, 2.45) is 0 Å². The molecule has 1 unspecified atom stereocenters. The number of aliphatic hydroxyl groups excluding tert-OH is 1. The Morgan fingerprint density at radius 3 is 1.97 bits per heavy atom. The normalized spacial score (nSPS) is 12.6. The highest BCUT2D eigenvalue weighted by molar-refractivity contribution is 7.87. The predicted octanol–water partition coefficient (Wildman–Crippen LogP) is 5.68. The van der Waals surface area contributed by atoms with Gasteiger partial charge in [0.25, 0.3) is 0 Å². The smallest absolute Gasteiger partial charge is 0.410 e. The number of likely N-dealkylation sites (N-methyl/N-ethyl adjacent to an activating group) is 1. The van der Waals surface area contributed by atoms with E-state index in [1.165, 1.54) is 36.2 Å². The van der Waals surface area contributed by atoms with Crippen molar-refractivity contribution in [3.63, 3.8) is 0 Å². The number of aliphatic hydroxyl groups is 1. The van der Waals surface area contributed by atoms with Crippen LogP contribution in [0.4, 0.5) is 4.79 Å². The molecule has 0 radical (unpaired) electrons. The van der Waals surface area contributed by atoms with Crippen LogP contribution < -0.4 is 4.18 Å². The number of ether oxygens (including phenoxy) is 1. The van der Waals surface area contributed by atoms with E-state index in [9.17, 15) is 18.3 Å². The summed E-state index contributed by atoms with van der Waals surface area (Å²) in [5.41, 5.74) is 1.61. The van der Waals surface area contributed by atoms with Gasteiger partial charge in [0.2, 0.25) is 0 Å². The van der Waals surface area contributed by atoms with E-state index in [4.69, 9.17) is 20.5 Å². The fourth-order valence-electron chi connectivity index (χ4n) is 3.16. The SMILES string of the molecule is CN(CC(O)c1ccc(OS(=O)(=O)c2ccc(-c3ccc(Cl)cc3)cc2)cc1)C(=O)OC(C)(C)C. The van der Waals surface area contributed by atoms with Crippen molar-refractivity contribution >= 4 is 27.8 Å². The standard InChI is InChI=1S/C26H28ClNO6S/c1-26(2,3)33-25(30)28(4)17-24(29)20-7-13-22(14-8-20)34-35(31,32)23-15-9-19(10-16-23)18-5-11-21(27)12-6-18/h5-16,24,29H,17H2,1-4H3. The second kappa shape index (κ2) is 10.7. The highest BCUT2D eigenvalue weighted by atomic mass is 35.5. The summed E-state index contributed by atoms with van der Waals surface area (Å²) in [5, 5.41) is 11.1. The molecule has 1 atom stereocenters. The monoisotopic (exact) mass is 517 g/mol. The lowest BCUT2D eigenvalue weighted by atomic mass is 10.1. The van der Waals surface area contributed by atoms with Gasteiger partial charge in [-0.15, -0.1) is 0 Å². The van der Waals surface area contributed by atoms with Crippen LogP contribution in [0.1, 0.15) is 32.4 Å². The third-order valence-corrected chi connectivity index (χ3v) is 6.46. The maximum atomic E-state index is 12.7. The molecular formula is C26H28ClNO6S. The molecule has 0 saturated carbocycles. The van der Waals surface area contributed by atoms with Crippen LogP contribution in [0.25, 0.3) is 11.1 Å². The van der Waals surface area contributed by atoms with Gasteiger partial charge in [-0.2, -0.15) is 8.42 Å². The number of carbonyl (C=O) groups is 1. The van der Waals surface area contributed by atoms with E-state index in [1.54, 1.807) is 57.2 Å². The minimum absolute atomic E-state index is 0.00733. The summed E-state index contributed by atoms with van der Waals surface area (Å²) in [6.07, 6.45) is -1.54. The van der Waals surface area contributed by atoms with Gasteiger partial charge < -0.3 is 18.9 Å². The zero-order valence-corrected chi connectivity index (χ0v) is 21.5. The number of halogens is 1. The molecule has 0 aromatic heterocycles. The lowest BCUT2D eigenvalue weighted by Crippen LogP contribution is -2.36. The molecule has 7 nitrogen and oxygen atoms in total. The number of carbonyl (C=O) groups excluding carboxylic acids is 1. The van der Waals surface area contributed by atoms with Crippen molar-refractivity contribution in [1.29, 1.82) is 0 Å². The van der Waals surface area contributed by atoms with Gasteiger partial charge in [-0.05, 0) is 73.9 Å². The number of hydrogen-bond donors (Lipinski definition) is 1. The van der Waals surface area contributed by atoms with Crippen LogP contribution >= 0.6 is 11.6 Å². The predicted molar refractivity (Wildman–Crippen MR) is 135 cm³/mol. The van der Waals surface area contributed by atoms with Gasteiger partial charge in [0.05, 0.1) is 12.6 Å². The molecule has 0 fully saturated rings. The average Bonchev–Trinajstić information content (AvgIpc) is 2.78. The zero-order chi connectivity index (χ0) is 25.8. The zero-order valence-electron chi connectivity index (χ0n) is 19.9. The van der Waals surface area contributed by atoms with Gasteiger partial charge in [-0.25, -0.2) is 4.79 Å². The first kappa shape index (κ1) is 26.5. The Balaban J connectivity index is 1.64. The summed E-state index contributed by atoms with van der Waals surface area (Å²) in [6, 6.07) is 19.6. The maximum absolute atomic E-state index is 12.7. The molecule has 0 aliphatic rings. The number of rotatable bonds is 7. The minimum Gasteiger partial charge on any atom is -0.444 e. The Morgan fingerprint density at radius 1 is 0.943 bits per heavy atom. The number of amides is 1. The quantitative estimate of drug-likeness (QED) is 0.405. The summed E-state index contributed by atoms with van der Waals surface area (Å²) in [4.78, 5) is 13.4. The van der Waals surface area contributed by atoms with Crippen LogP contribution in [0.15, 0.2) is 77.7 Å². The molecule has 1 amide bonds. The summed E-state index contributed by atoms with van der Waals surface area (Å²) >= 11 is 5.91. The summed E-state index contributed by atoms with van der Waals surface area (Å²) in [7, 11) is -2.53. The van der Waals surface area contributed by atoms with Crippen LogP contribution in [-0.4, -0.2) is 43.7 Å². The minimum atomic E-state index is -4.05. The fourth-order valence-corrected chi connectivity index (χ4v) is 4.21. The topological polar surface area (TPSA) is 93.1 Å².